The number of rotatable bonds is 0. The van der Waals surface area contributed by atoms with Gasteiger partial charge in [0.2, 0.25) is 0 Å². The predicted molar refractivity (Wildman–Crippen MR) is 72.3 cm³/mol. The van der Waals surface area contributed by atoms with E-state index in [0.29, 0.717) is 22.8 Å². The van der Waals surface area contributed by atoms with Crippen molar-refractivity contribution < 1.29 is 0 Å². The minimum Gasteiger partial charge on any atom is -0.374 e. The van der Waals surface area contributed by atoms with Crippen LogP contribution < -0.4 is 0 Å². The van der Waals surface area contributed by atoms with Gasteiger partial charge in [0.15, 0.2) is 0 Å². The molecule has 1 rings (SSSR count). The van der Waals surface area contributed by atoms with Crippen LogP contribution in [0.4, 0.5) is 0 Å². The van der Waals surface area contributed by atoms with Crippen LogP contribution in [0.25, 0.3) is 0 Å². The Bertz CT molecular complexity index is 298. The van der Waals surface area contributed by atoms with Crippen LogP contribution in [0.15, 0.2) is 11.3 Å². The highest BCUT2D eigenvalue weighted by molar-refractivity contribution is 5.25. The van der Waals surface area contributed by atoms with E-state index in [1.54, 1.807) is 5.57 Å². The van der Waals surface area contributed by atoms with Crippen molar-refractivity contribution in [2.75, 3.05) is 7.05 Å². The molecule has 0 saturated heterocycles. The molecule has 94 valence electrons. The minimum absolute atomic E-state index is 0.325. The maximum Gasteiger partial charge on any atom is 0.0402 e. The number of hydrogen-bond donors (Lipinski definition) is 0. The summed E-state index contributed by atoms with van der Waals surface area (Å²) in [6, 6.07) is 0.618. The molecule has 0 fully saturated rings. The molecule has 0 aromatic heterocycles. The van der Waals surface area contributed by atoms with E-state index in [1.165, 1.54) is 5.70 Å². The summed E-state index contributed by atoms with van der Waals surface area (Å²) in [5, 5.41) is 0. The average Bonchev–Trinajstić information content (AvgIpc) is 2.27. The molecular weight excluding hydrogens is 194 g/mol. The van der Waals surface area contributed by atoms with E-state index in [9.17, 15) is 0 Å². The van der Waals surface area contributed by atoms with Crippen LogP contribution >= 0.6 is 0 Å². The Morgan fingerprint density at radius 2 is 1.31 bits per heavy atom. The third kappa shape index (κ3) is 2.14. The molecule has 0 aromatic rings. The van der Waals surface area contributed by atoms with Gasteiger partial charge in [-0.15, -0.1) is 0 Å². The fraction of sp³-hybridized carbons (Fsp3) is 0.867. The van der Waals surface area contributed by atoms with Crippen LogP contribution in [0.5, 0.6) is 0 Å². The Morgan fingerprint density at radius 1 is 0.875 bits per heavy atom. The van der Waals surface area contributed by atoms with Gasteiger partial charge in [-0.05, 0) is 30.3 Å². The molecule has 2 unspecified atom stereocenters. The van der Waals surface area contributed by atoms with E-state index in [-0.39, 0.29) is 0 Å². The van der Waals surface area contributed by atoms with Crippen molar-refractivity contribution in [3.05, 3.63) is 11.3 Å². The number of allylic oxidation sites excluding steroid dienone is 1. The van der Waals surface area contributed by atoms with Crippen LogP contribution in [-0.2, 0) is 0 Å². The summed E-state index contributed by atoms with van der Waals surface area (Å²) in [4.78, 5) is 2.49. The molecular formula is C15H29N. The third-order valence-electron chi connectivity index (χ3n) is 4.12. The normalized spacial score (nSPS) is 27.9. The Kier molecular flexibility index (Phi) is 3.22. The van der Waals surface area contributed by atoms with Gasteiger partial charge in [-0.2, -0.15) is 0 Å². The molecule has 0 saturated carbocycles. The maximum atomic E-state index is 2.49. The average molecular weight is 223 g/mol. The second-order valence-electron chi connectivity index (χ2n) is 7.53. The smallest absolute Gasteiger partial charge is 0.0402 e. The van der Waals surface area contributed by atoms with Crippen LogP contribution in [-0.4, -0.2) is 18.0 Å². The summed E-state index contributed by atoms with van der Waals surface area (Å²) in [6.07, 6.45) is 0. The van der Waals surface area contributed by atoms with Gasteiger partial charge in [0.05, 0.1) is 0 Å². The summed E-state index contributed by atoms with van der Waals surface area (Å²) in [7, 11) is 2.25. The lowest BCUT2D eigenvalue weighted by Crippen LogP contribution is -2.45. The van der Waals surface area contributed by atoms with Gasteiger partial charge in [-0.25, -0.2) is 0 Å². The van der Waals surface area contributed by atoms with Gasteiger partial charge in [0.25, 0.3) is 0 Å². The molecule has 16 heavy (non-hydrogen) atoms. The van der Waals surface area contributed by atoms with E-state index in [0.717, 1.165) is 0 Å². The van der Waals surface area contributed by atoms with Crippen molar-refractivity contribution in [1.82, 2.24) is 4.90 Å². The monoisotopic (exact) mass is 223 g/mol. The Balaban J connectivity index is 3.21. The van der Waals surface area contributed by atoms with Gasteiger partial charge < -0.3 is 4.90 Å². The summed E-state index contributed by atoms with van der Waals surface area (Å²) >= 11 is 0. The summed E-state index contributed by atoms with van der Waals surface area (Å²) in [5.41, 5.74) is 3.72. The molecule has 1 nitrogen and oxygen atoms in total. The highest BCUT2D eigenvalue weighted by atomic mass is 15.2. The zero-order chi connectivity index (χ0) is 12.9. The van der Waals surface area contributed by atoms with E-state index < -0.39 is 0 Å². The lowest BCUT2D eigenvalue weighted by molar-refractivity contribution is 0.0847. The summed E-state index contributed by atoms with van der Waals surface area (Å²) < 4.78 is 0. The van der Waals surface area contributed by atoms with Crippen molar-refractivity contribution in [1.29, 1.82) is 0 Å². The first-order valence-electron chi connectivity index (χ1n) is 6.38. The highest BCUT2D eigenvalue weighted by Gasteiger charge is 2.46. The Labute approximate surface area is 102 Å². The molecule has 0 amide bonds. The second-order valence-corrected chi connectivity index (χ2v) is 7.53. The molecule has 2 atom stereocenters. The van der Waals surface area contributed by atoms with E-state index >= 15 is 0 Å². The van der Waals surface area contributed by atoms with E-state index in [1.807, 2.05) is 0 Å². The van der Waals surface area contributed by atoms with E-state index in [2.05, 4.69) is 67.3 Å². The van der Waals surface area contributed by atoms with Crippen molar-refractivity contribution in [2.24, 2.45) is 16.7 Å². The predicted octanol–water partition coefficient (Wildman–Crippen LogP) is 4.30. The zero-order valence-electron chi connectivity index (χ0n) is 12.6. The Morgan fingerprint density at radius 3 is 1.56 bits per heavy atom. The molecule has 1 heterocycles. The second kappa shape index (κ2) is 3.78. The molecule has 1 heteroatoms. The summed E-state index contributed by atoms with van der Waals surface area (Å²) in [5.74, 6) is 0.664. The van der Waals surface area contributed by atoms with Crippen molar-refractivity contribution >= 4 is 0 Å². The zero-order valence-corrected chi connectivity index (χ0v) is 12.6. The van der Waals surface area contributed by atoms with Gasteiger partial charge in [0, 0.05) is 24.7 Å². The van der Waals surface area contributed by atoms with Crippen molar-refractivity contribution in [3.63, 3.8) is 0 Å². The first-order chi connectivity index (χ1) is 6.98. The first-order valence-corrected chi connectivity index (χ1v) is 6.38. The Hall–Kier alpha value is -0.460. The lowest BCUT2D eigenvalue weighted by Gasteiger charge is -2.44. The SMILES string of the molecule is CC1=C(C)N(C)C(C(C)(C)C)C1C(C)(C)C. The molecule has 0 N–H and O–H groups in total. The fourth-order valence-corrected chi connectivity index (χ4v) is 3.38. The molecule has 1 aliphatic rings. The van der Waals surface area contributed by atoms with Crippen molar-refractivity contribution in [3.8, 4) is 0 Å². The minimum atomic E-state index is 0.325. The lowest BCUT2D eigenvalue weighted by atomic mass is 9.67. The molecule has 0 spiro atoms. The standard InChI is InChI=1S/C15H29N/c1-10-11(2)16(9)13(15(6,7)8)12(10)14(3,4)5/h12-13H,1-9H3. The topological polar surface area (TPSA) is 3.24 Å². The molecule has 0 aliphatic carbocycles. The van der Waals surface area contributed by atoms with Gasteiger partial charge >= 0.3 is 0 Å². The third-order valence-corrected chi connectivity index (χ3v) is 4.12. The van der Waals surface area contributed by atoms with Crippen LogP contribution in [0.3, 0.4) is 0 Å². The van der Waals surface area contributed by atoms with Crippen LogP contribution in [0.1, 0.15) is 55.4 Å². The van der Waals surface area contributed by atoms with Crippen LogP contribution in [0.2, 0.25) is 0 Å². The number of hydrogen-bond acceptors (Lipinski definition) is 1. The largest absolute Gasteiger partial charge is 0.374 e. The van der Waals surface area contributed by atoms with Gasteiger partial charge in [-0.3, -0.25) is 0 Å². The maximum absolute atomic E-state index is 2.49. The first kappa shape index (κ1) is 13.6. The van der Waals surface area contributed by atoms with E-state index in [4.69, 9.17) is 0 Å². The molecule has 0 aromatic carbocycles. The molecule has 1 aliphatic heterocycles. The van der Waals surface area contributed by atoms with Gasteiger partial charge in [0.1, 0.15) is 0 Å². The van der Waals surface area contributed by atoms with Crippen molar-refractivity contribution in [2.45, 2.75) is 61.4 Å². The number of nitrogens with zero attached hydrogens (tertiary/aromatic N) is 1. The van der Waals surface area contributed by atoms with Gasteiger partial charge in [-0.1, -0.05) is 41.5 Å². The summed E-state index contributed by atoms with van der Waals surface area (Å²) in [6.45, 7) is 18.8. The molecule has 0 radical (unpaired) electrons. The van der Waals surface area contributed by atoms with Crippen LogP contribution in [0, 0.1) is 16.7 Å². The highest BCUT2D eigenvalue weighted by Crippen LogP contribution is 2.48. The fourth-order valence-electron chi connectivity index (χ4n) is 3.38. The molecule has 0 bridgehead atoms. The quantitative estimate of drug-likeness (QED) is 0.592.